The lowest BCUT2D eigenvalue weighted by Gasteiger charge is -2.21. The SMILES string of the molecule is CNc1ncc(Cl)c(Nc2ccccc2S(=O)(=O)C(C)(C)N)n1. The molecule has 0 spiro atoms. The van der Waals surface area contributed by atoms with Gasteiger partial charge in [-0.25, -0.2) is 13.4 Å². The number of nitrogens with two attached hydrogens (primary N) is 1. The maximum Gasteiger partial charge on any atom is 0.224 e. The molecule has 0 aliphatic carbocycles. The molecule has 0 aliphatic heterocycles. The number of hydrogen-bond donors (Lipinski definition) is 3. The number of hydrogen-bond acceptors (Lipinski definition) is 7. The molecule has 0 fully saturated rings. The minimum absolute atomic E-state index is 0.0770. The summed E-state index contributed by atoms with van der Waals surface area (Å²) in [6.45, 7) is 2.88. The Morgan fingerprint density at radius 3 is 2.52 bits per heavy atom. The van der Waals surface area contributed by atoms with Crippen LogP contribution in [0.4, 0.5) is 17.5 Å². The van der Waals surface area contributed by atoms with Gasteiger partial charge in [0, 0.05) is 7.05 Å². The molecule has 0 saturated carbocycles. The quantitative estimate of drug-likeness (QED) is 0.755. The van der Waals surface area contributed by atoms with Crippen LogP contribution < -0.4 is 16.4 Å². The van der Waals surface area contributed by atoms with Gasteiger partial charge >= 0.3 is 0 Å². The molecule has 0 saturated heterocycles. The predicted octanol–water partition coefficient (Wildman–Crippen LogP) is 2.38. The summed E-state index contributed by atoms with van der Waals surface area (Å²) in [5, 5.41) is 5.99. The molecule has 9 heteroatoms. The first-order chi connectivity index (χ1) is 10.7. The molecule has 1 heterocycles. The van der Waals surface area contributed by atoms with E-state index >= 15 is 0 Å². The molecule has 0 amide bonds. The van der Waals surface area contributed by atoms with Crippen LogP contribution in [0.2, 0.25) is 5.02 Å². The van der Waals surface area contributed by atoms with E-state index in [9.17, 15) is 8.42 Å². The highest BCUT2D eigenvalue weighted by Gasteiger charge is 2.33. The third kappa shape index (κ3) is 3.54. The average Bonchev–Trinajstić information content (AvgIpc) is 2.48. The standard InChI is InChI=1S/C14H18ClN5O2S/c1-14(2,16)23(21,22)11-7-5-4-6-10(11)19-12-9(15)8-18-13(17-3)20-12/h4-8H,16H2,1-3H3,(H2,17,18,19,20). The number of halogens is 1. The zero-order valence-electron chi connectivity index (χ0n) is 13.0. The van der Waals surface area contributed by atoms with Crippen LogP contribution in [-0.2, 0) is 9.84 Å². The van der Waals surface area contributed by atoms with E-state index in [1.54, 1.807) is 25.2 Å². The molecule has 0 atom stereocenters. The van der Waals surface area contributed by atoms with Crippen molar-refractivity contribution in [3.8, 4) is 0 Å². The third-order valence-electron chi connectivity index (χ3n) is 3.09. The molecule has 4 N–H and O–H groups in total. The molecule has 2 rings (SSSR count). The highest BCUT2D eigenvalue weighted by Crippen LogP contribution is 2.31. The Morgan fingerprint density at radius 1 is 1.26 bits per heavy atom. The van der Waals surface area contributed by atoms with Gasteiger partial charge in [-0.15, -0.1) is 0 Å². The molecule has 23 heavy (non-hydrogen) atoms. The van der Waals surface area contributed by atoms with Gasteiger partial charge in [0.05, 0.1) is 16.8 Å². The van der Waals surface area contributed by atoms with Crippen molar-refractivity contribution in [2.75, 3.05) is 17.7 Å². The number of anilines is 3. The summed E-state index contributed by atoms with van der Waals surface area (Å²) in [5.41, 5.74) is 6.15. The number of nitrogens with zero attached hydrogens (tertiary/aromatic N) is 2. The fourth-order valence-electron chi connectivity index (χ4n) is 1.79. The molecule has 0 radical (unpaired) electrons. The van der Waals surface area contributed by atoms with Gasteiger partial charge in [0.2, 0.25) is 5.95 Å². The Kier molecular flexibility index (Phi) is 4.79. The summed E-state index contributed by atoms with van der Waals surface area (Å²) in [6.07, 6.45) is 1.42. The Bertz CT molecular complexity index is 818. The molecule has 124 valence electrons. The van der Waals surface area contributed by atoms with E-state index in [-0.39, 0.29) is 9.92 Å². The predicted molar refractivity (Wildman–Crippen MR) is 91.8 cm³/mol. The van der Waals surface area contributed by atoms with Crippen molar-refractivity contribution in [3.05, 3.63) is 35.5 Å². The number of rotatable bonds is 5. The van der Waals surface area contributed by atoms with Crippen LogP contribution in [0, 0.1) is 0 Å². The van der Waals surface area contributed by atoms with Crippen LogP contribution in [-0.4, -0.2) is 30.3 Å². The first kappa shape index (κ1) is 17.5. The van der Waals surface area contributed by atoms with E-state index < -0.39 is 14.7 Å². The van der Waals surface area contributed by atoms with Gasteiger partial charge in [0.15, 0.2) is 15.7 Å². The highest BCUT2D eigenvalue weighted by atomic mass is 35.5. The molecule has 0 bridgehead atoms. The molecule has 7 nitrogen and oxygen atoms in total. The van der Waals surface area contributed by atoms with Gasteiger partial charge < -0.3 is 16.4 Å². The topological polar surface area (TPSA) is 110 Å². The largest absolute Gasteiger partial charge is 0.357 e. The Labute approximate surface area is 140 Å². The van der Waals surface area contributed by atoms with Gasteiger partial charge in [-0.1, -0.05) is 23.7 Å². The smallest absolute Gasteiger partial charge is 0.224 e. The lowest BCUT2D eigenvalue weighted by atomic mass is 10.3. The fraction of sp³-hybridized carbons (Fsp3) is 0.286. The lowest BCUT2D eigenvalue weighted by Crippen LogP contribution is -2.41. The molecule has 2 aromatic rings. The van der Waals surface area contributed by atoms with E-state index in [0.29, 0.717) is 17.5 Å². The van der Waals surface area contributed by atoms with Crippen LogP contribution in [0.1, 0.15) is 13.8 Å². The zero-order valence-corrected chi connectivity index (χ0v) is 14.5. The van der Waals surface area contributed by atoms with E-state index in [1.807, 2.05) is 0 Å². The minimum atomic E-state index is -3.74. The molecular weight excluding hydrogens is 338 g/mol. The second-order valence-corrected chi connectivity index (χ2v) is 8.27. The summed E-state index contributed by atoms with van der Waals surface area (Å²) < 4.78 is 25.3. The van der Waals surface area contributed by atoms with E-state index in [4.69, 9.17) is 17.3 Å². The maximum atomic E-state index is 12.6. The summed E-state index contributed by atoms with van der Waals surface area (Å²) in [4.78, 5) is 6.81. The van der Waals surface area contributed by atoms with Crippen molar-refractivity contribution in [2.24, 2.45) is 5.73 Å². The van der Waals surface area contributed by atoms with Crippen molar-refractivity contribution in [1.29, 1.82) is 0 Å². The van der Waals surface area contributed by atoms with Crippen molar-refractivity contribution in [2.45, 2.75) is 23.6 Å². The van der Waals surface area contributed by atoms with Gasteiger partial charge in [0.1, 0.15) is 9.89 Å². The van der Waals surface area contributed by atoms with Gasteiger partial charge in [-0.05, 0) is 26.0 Å². The normalized spacial score (nSPS) is 12.0. The maximum absolute atomic E-state index is 12.6. The van der Waals surface area contributed by atoms with Crippen LogP contribution in [0.15, 0.2) is 35.4 Å². The monoisotopic (exact) mass is 355 g/mol. The average molecular weight is 356 g/mol. The number of nitrogens with one attached hydrogen (secondary N) is 2. The van der Waals surface area contributed by atoms with Crippen LogP contribution in [0.3, 0.4) is 0 Å². The van der Waals surface area contributed by atoms with Gasteiger partial charge in [0.25, 0.3) is 0 Å². The number of sulfone groups is 1. The van der Waals surface area contributed by atoms with Crippen LogP contribution in [0.5, 0.6) is 0 Å². The Balaban J connectivity index is 2.51. The third-order valence-corrected chi connectivity index (χ3v) is 5.69. The van der Waals surface area contributed by atoms with Gasteiger partial charge in [-0.3, -0.25) is 0 Å². The van der Waals surface area contributed by atoms with Crippen LogP contribution >= 0.6 is 11.6 Å². The van der Waals surface area contributed by atoms with E-state index in [0.717, 1.165) is 0 Å². The first-order valence-electron chi connectivity index (χ1n) is 6.76. The highest BCUT2D eigenvalue weighted by molar-refractivity contribution is 7.92. The molecule has 0 aliphatic rings. The number of para-hydroxylation sites is 1. The number of benzene rings is 1. The second-order valence-electron chi connectivity index (χ2n) is 5.37. The molecule has 0 unspecified atom stereocenters. The summed E-state index contributed by atoms with van der Waals surface area (Å²) in [5.74, 6) is 0.653. The summed E-state index contributed by atoms with van der Waals surface area (Å²) in [7, 11) is -2.07. The molecule has 1 aromatic carbocycles. The number of aromatic nitrogens is 2. The summed E-state index contributed by atoms with van der Waals surface area (Å²) >= 11 is 6.07. The van der Waals surface area contributed by atoms with Crippen molar-refractivity contribution >= 4 is 38.9 Å². The molecule has 1 aromatic heterocycles. The fourth-order valence-corrected chi connectivity index (χ4v) is 3.16. The minimum Gasteiger partial charge on any atom is -0.357 e. The van der Waals surface area contributed by atoms with E-state index in [2.05, 4.69) is 20.6 Å². The first-order valence-corrected chi connectivity index (χ1v) is 8.63. The zero-order chi connectivity index (χ0) is 17.3. The Morgan fingerprint density at radius 2 is 1.91 bits per heavy atom. The molecular formula is C14H18ClN5O2S. The van der Waals surface area contributed by atoms with Crippen molar-refractivity contribution in [1.82, 2.24) is 9.97 Å². The van der Waals surface area contributed by atoms with Crippen LogP contribution in [0.25, 0.3) is 0 Å². The van der Waals surface area contributed by atoms with Gasteiger partial charge in [-0.2, -0.15) is 4.98 Å². The second kappa shape index (κ2) is 6.31. The van der Waals surface area contributed by atoms with Crippen molar-refractivity contribution in [3.63, 3.8) is 0 Å². The van der Waals surface area contributed by atoms with E-state index in [1.165, 1.54) is 26.1 Å². The Hall–Kier alpha value is -1.90. The summed E-state index contributed by atoms with van der Waals surface area (Å²) in [6, 6.07) is 6.44. The lowest BCUT2D eigenvalue weighted by molar-refractivity contribution is 0.553. The van der Waals surface area contributed by atoms with Crippen molar-refractivity contribution < 1.29 is 8.42 Å².